The molecule has 3 heterocycles. The molecule has 1 saturated heterocycles. The van der Waals surface area contributed by atoms with Gasteiger partial charge in [0.15, 0.2) is 5.76 Å². The summed E-state index contributed by atoms with van der Waals surface area (Å²) in [5, 5.41) is 4.41. The fourth-order valence-corrected chi connectivity index (χ4v) is 3.81. The van der Waals surface area contributed by atoms with Crippen molar-refractivity contribution in [2.75, 3.05) is 38.3 Å². The summed E-state index contributed by atoms with van der Waals surface area (Å²) in [7, 11) is 1.63. The van der Waals surface area contributed by atoms with Crippen LogP contribution < -0.4 is 4.90 Å². The molecule has 0 N–H and O–H groups in total. The predicted octanol–water partition coefficient (Wildman–Crippen LogP) is 4.21. The number of ether oxygens (including phenoxy) is 1. The molecule has 0 unspecified atom stereocenters. The van der Waals surface area contributed by atoms with E-state index in [4.69, 9.17) is 13.7 Å². The van der Waals surface area contributed by atoms with Gasteiger partial charge in [-0.1, -0.05) is 35.5 Å². The van der Waals surface area contributed by atoms with Crippen molar-refractivity contribution in [3.8, 4) is 11.3 Å². The zero-order valence-corrected chi connectivity index (χ0v) is 17.3. The molecule has 1 aliphatic rings. The first-order chi connectivity index (χ1) is 14.8. The lowest BCUT2D eigenvalue weighted by Crippen LogP contribution is -2.35. The second kappa shape index (κ2) is 9.63. The number of anilines is 1. The summed E-state index contributed by atoms with van der Waals surface area (Å²) in [5.74, 6) is 0.883. The third-order valence-electron chi connectivity index (χ3n) is 5.39. The fourth-order valence-electron chi connectivity index (χ4n) is 3.81. The lowest BCUT2D eigenvalue weighted by molar-refractivity contribution is 0.0649. The van der Waals surface area contributed by atoms with Crippen molar-refractivity contribution in [1.29, 1.82) is 0 Å². The van der Waals surface area contributed by atoms with Crippen molar-refractivity contribution in [3.63, 3.8) is 0 Å². The highest BCUT2D eigenvalue weighted by Gasteiger charge is 2.28. The van der Waals surface area contributed by atoms with E-state index in [1.54, 1.807) is 24.1 Å². The molecule has 0 spiro atoms. The molecule has 4 rings (SSSR count). The number of hydrogen-bond donors (Lipinski definition) is 0. The van der Waals surface area contributed by atoms with Crippen LogP contribution in [-0.2, 0) is 11.3 Å². The first-order valence-corrected chi connectivity index (χ1v) is 10.4. The molecule has 0 saturated carbocycles. The molecule has 0 atom stereocenters. The first kappa shape index (κ1) is 20.2. The Morgan fingerprint density at radius 3 is 2.63 bits per heavy atom. The van der Waals surface area contributed by atoms with Crippen LogP contribution in [0, 0.1) is 0 Å². The third kappa shape index (κ3) is 4.41. The van der Waals surface area contributed by atoms with Gasteiger partial charge < -0.3 is 23.5 Å². The third-order valence-corrected chi connectivity index (χ3v) is 5.39. The number of aromatic nitrogens is 1. The average Bonchev–Trinajstić information content (AvgIpc) is 3.48. The van der Waals surface area contributed by atoms with Crippen LogP contribution in [0.1, 0.15) is 35.4 Å². The zero-order valence-electron chi connectivity index (χ0n) is 17.3. The summed E-state index contributed by atoms with van der Waals surface area (Å²) >= 11 is 0. The van der Waals surface area contributed by atoms with E-state index in [0.717, 1.165) is 48.6 Å². The number of carbonyl (C=O) groups is 1. The van der Waals surface area contributed by atoms with E-state index in [2.05, 4.69) is 10.1 Å². The van der Waals surface area contributed by atoms with Gasteiger partial charge in [-0.05, 0) is 31.4 Å². The van der Waals surface area contributed by atoms with E-state index in [9.17, 15) is 4.79 Å². The maximum Gasteiger partial charge on any atom is 0.289 e. The number of amides is 1. The Bertz CT molecular complexity index is 931. The molecule has 7 nitrogen and oxygen atoms in total. The molecule has 158 valence electrons. The molecule has 1 amide bonds. The van der Waals surface area contributed by atoms with E-state index < -0.39 is 0 Å². The van der Waals surface area contributed by atoms with E-state index in [1.807, 2.05) is 30.3 Å². The number of methoxy groups -OCH3 is 1. The molecule has 1 fully saturated rings. The Balaban J connectivity index is 1.70. The largest absolute Gasteiger partial charge is 0.459 e. The minimum absolute atomic E-state index is 0.179. The second-order valence-corrected chi connectivity index (χ2v) is 7.43. The van der Waals surface area contributed by atoms with Gasteiger partial charge in [0.25, 0.3) is 5.91 Å². The minimum Gasteiger partial charge on any atom is -0.459 e. The molecular formula is C23H27N3O4. The predicted molar refractivity (Wildman–Crippen MR) is 113 cm³/mol. The topological polar surface area (TPSA) is 72.0 Å². The zero-order chi connectivity index (χ0) is 20.8. The summed E-state index contributed by atoms with van der Waals surface area (Å²) in [6, 6.07) is 13.3. The molecule has 2 aromatic heterocycles. The second-order valence-electron chi connectivity index (χ2n) is 7.43. The number of benzene rings is 1. The van der Waals surface area contributed by atoms with Gasteiger partial charge in [-0.25, -0.2) is 0 Å². The molecule has 1 aromatic carbocycles. The van der Waals surface area contributed by atoms with Crippen LogP contribution in [0.2, 0.25) is 0 Å². The van der Waals surface area contributed by atoms with Gasteiger partial charge in [-0.15, -0.1) is 0 Å². The molecule has 0 aliphatic carbocycles. The number of rotatable bonds is 8. The molecule has 0 radical (unpaired) electrons. The molecule has 30 heavy (non-hydrogen) atoms. The molecule has 3 aromatic rings. The number of furan rings is 1. The van der Waals surface area contributed by atoms with Crippen LogP contribution in [-0.4, -0.2) is 49.3 Å². The van der Waals surface area contributed by atoms with Gasteiger partial charge in [-0.3, -0.25) is 4.79 Å². The van der Waals surface area contributed by atoms with E-state index in [0.29, 0.717) is 25.5 Å². The summed E-state index contributed by atoms with van der Waals surface area (Å²) in [4.78, 5) is 17.1. The number of piperidine rings is 1. The van der Waals surface area contributed by atoms with Crippen LogP contribution in [0.4, 0.5) is 5.88 Å². The summed E-state index contributed by atoms with van der Waals surface area (Å²) in [6.07, 6.45) is 4.98. The Morgan fingerprint density at radius 2 is 1.93 bits per heavy atom. The van der Waals surface area contributed by atoms with E-state index >= 15 is 0 Å². The van der Waals surface area contributed by atoms with Gasteiger partial charge in [0, 0.05) is 32.3 Å². The molecular weight excluding hydrogens is 382 g/mol. The quantitative estimate of drug-likeness (QED) is 0.555. The molecule has 1 aliphatic heterocycles. The van der Waals surface area contributed by atoms with Gasteiger partial charge in [0.2, 0.25) is 5.88 Å². The molecule has 7 heteroatoms. The van der Waals surface area contributed by atoms with Crippen LogP contribution in [0.3, 0.4) is 0 Å². The van der Waals surface area contributed by atoms with Crippen LogP contribution >= 0.6 is 0 Å². The van der Waals surface area contributed by atoms with Crippen LogP contribution in [0.25, 0.3) is 11.3 Å². The number of carbonyl (C=O) groups excluding carboxylic acids is 1. The maximum atomic E-state index is 13.1. The highest BCUT2D eigenvalue weighted by Crippen LogP contribution is 2.34. The van der Waals surface area contributed by atoms with Gasteiger partial charge in [-0.2, -0.15) is 0 Å². The smallest absolute Gasteiger partial charge is 0.289 e. The normalized spacial score (nSPS) is 14.1. The summed E-state index contributed by atoms with van der Waals surface area (Å²) in [6.45, 7) is 3.09. The monoisotopic (exact) mass is 409 g/mol. The lowest BCUT2D eigenvalue weighted by atomic mass is 10.1. The standard InChI is InChI=1S/C23H27N3O4/c1-28-16-14-26(22(27)20-11-8-15-29-20)17-19-21(18-9-4-2-5-10-18)24-30-23(19)25-12-6-3-7-13-25/h2,4-5,8-11,15H,3,6-7,12-14,16-17H2,1H3. The highest BCUT2D eigenvalue weighted by molar-refractivity contribution is 5.91. The Morgan fingerprint density at radius 1 is 1.13 bits per heavy atom. The highest BCUT2D eigenvalue weighted by atomic mass is 16.5. The Labute approximate surface area is 176 Å². The van der Waals surface area contributed by atoms with Crippen molar-refractivity contribution in [2.45, 2.75) is 25.8 Å². The van der Waals surface area contributed by atoms with E-state index in [1.165, 1.54) is 12.7 Å². The van der Waals surface area contributed by atoms with Crippen molar-refractivity contribution in [3.05, 3.63) is 60.1 Å². The maximum absolute atomic E-state index is 13.1. The van der Waals surface area contributed by atoms with E-state index in [-0.39, 0.29) is 5.91 Å². The Hall–Kier alpha value is -3.06. The number of nitrogens with zero attached hydrogens (tertiary/aromatic N) is 3. The van der Waals surface area contributed by atoms with Crippen molar-refractivity contribution in [2.24, 2.45) is 0 Å². The minimum atomic E-state index is -0.179. The van der Waals surface area contributed by atoms with Gasteiger partial charge in [0.05, 0.1) is 25.0 Å². The average molecular weight is 409 g/mol. The van der Waals surface area contributed by atoms with Crippen LogP contribution in [0.15, 0.2) is 57.7 Å². The van der Waals surface area contributed by atoms with Crippen molar-refractivity contribution >= 4 is 11.8 Å². The van der Waals surface area contributed by atoms with Crippen molar-refractivity contribution < 1.29 is 18.5 Å². The van der Waals surface area contributed by atoms with Gasteiger partial charge in [0.1, 0.15) is 5.69 Å². The number of hydrogen-bond acceptors (Lipinski definition) is 6. The Kier molecular flexibility index (Phi) is 6.49. The molecule has 0 bridgehead atoms. The summed E-state index contributed by atoms with van der Waals surface area (Å²) < 4.78 is 16.5. The van der Waals surface area contributed by atoms with Crippen molar-refractivity contribution in [1.82, 2.24) is 10.1 Å². The summed E-state index contributed by atoms with van der Waals surface area (Å²) in [5.41, 5.74) is 2.65. The lowest BCUT2D eigenvalue weighted by Gasteiger charge is -2.28. The SMILES string of the molecule is COCCN(Cc1c(-c2ccccc2)noc1N1CCCCC1)C(=O)c1ccco1. The first-order valence-electron chi connectivity index (χ1n) is 10.4. The van der Waals surface area contributed by atoms with Crippen LogP contribution in [0.5, 0.6) is 0 Å². The fraction of sp³-hybridized carbons (Fsp3) is 0.391. The van der Waals surface area contributed by atoms with Gasteiger partial charge >= 0.3 is 0 Å².